The molecule has 0 spiro atoms. The molecule has 0 aliphatic rings. The fourth-order valence-corrected chi connectivity index (χ4v) is 2.39. The molecule has 0 unspecified atom stereocenters. The summed E-state index contributed by atoms with van der Waals surface area (Å²) in [6.45, 7) is 0.512. The average molecular weight is 274 g/mol. The maximum atomic E-state index is 5.94. The lowest BCUT2D eigenvalue weighted by molar-refractivity contribution is 0.917. The van der Waals surface area contributed by atoms with Gasteiger partial charge in [-0.15, -0.1) is 0 Å². The summed E-state index contributed by atoms with van der Waals surface area (Å²) < 4.78 is 3.09. The molecule has 1 aromatic carbocycles. The van der Waals surface area contributed by atoms with Gasteiger partial charge < -0.3 is 10.3 Å². The van der Waals surface area contributed by atoms with Crippen LogP contribution in [-0.4, -0.2) is 4.57 Å². The van der Waals surface area contributed by atoms with Gasteiger partial charge in [0.1, 0.15) is 0 Å². The van der Waals surface area contributed by atoms with Crippen molar-refractivity contribution < 1.29 is 0 Å². The Morgan fingerprint density at radius 1 is 1.50 bits per heavy atom. The highest BCUT2D eigenvalue weighted by Crippen LogP contribution is 2.30. The minimum absolute atomic E-state index is 0.512. The Morgan fingerprint density at radius 2 is 2.21 bits per heavy atom. The summed E-state index contributed by atoms with van der Waals surface area (Å²) in [7, 11) is 2.00. The second kappa shape index (κ2) is 3.57. The first-order valence-corrected chi connectivity index (χ1v) is 5.44. The number of halogens is 2. The predicted molar refractivity (Wildman–Crippen MR) is 63.5 cm³/mol. The predicted octanol–water partition coefficient (Wildman–Crippen LogP) is 3.05. The van der Waals surface area contributed by atoms with E-state index in [1.165, 1.54) is 0 Å². The van der Waals surface area contributed by atoms with Gasteiger partial charge in [0, 0.05) is 35.1 Å². The van der Waals surface area contributed by atoms with Crippen molar-refractivity contribution in [3.8, 4) is 0 Å². The average Bonchev–Trinajstić information content (AvgIpc) is 2.39. The van der Waals surface area contributed by atoms with Crippen LogP contribution in [0.2, 0.25) is 5.02 Å². The quantitative estimate of drug-likeness (QED) is 0.850. The lowest BCUT2D eigenvalue weighted by Gasteiger charge is -1.96. The van der Waals surface area contributed by atoms with Crippen LogP contribution >= 0.6 is 27.5 Å². The van der Waals surface area contributed by atoms with Crippen molar-refractivity contribution >= 4 is 38.4 Å². The molecule has 74 valence electrons. The lowest BCUT2D eigenvalue weighted by Crippen LogP contribution is -1.96. The number of aryl methyl sites for hydroxylation is 1. The maximum Gasteiger partial charge on any atom is 0.0900 e. The van der Waals surface area contributed by atoms with E-state index in [4.69, 9.17) is 17.3 Å². The minimum Gasteiger partial charge on any atom is -0.338 e. The molecular formula is C10H10BrClN2. The molecule has 2 nitrogen and oxygen atoms in total. The van der Waals surface area contributed by atoms with Gasteiger partial charge in [0.05, 0.1) is 4.60 Å². The Balaban J connectivity index is 2.89. The normalized spacial score (nSPS) is 11.1. The third-order valence-electron chi connectivity index (χ3n) is 2.39. The number of nitrogens with two attached hydrogens (primary N) is 1. The highest BCUT2D eigenvalue weighted by Gasteiger charge is 2.11. The van der Waals surface area contributed by atoms with Crippen molar-refractivity contribution in [2.24, 2.45) is 12.8 Å². The molecular weight excluding hydrogens is 263 g/mol. The molecule has 0 amide bonds. The standard InChI is InChI=1S/C10H10BrClN2/c1-14-9-3-2-6(12)4-7(9)8(5-13)10(14)11/h2-4H,5,13H2,1H3. The largest absolute Gasteiger partial charge is 0.338 e. The number of rotatable bonds is 1. The second-order valence-electron chi connectivity index (χ2n) is 3.19. The van der Waals surface area contributed by atoms with Crippen LogP contribution < -0.4 is 5.73 Å². The zero-order valence-corrected chi connectivity index (χ0v) is 10.1. The molecule has 2 rings (SSSR count). The van der Waals surface area contributed by atoms with E-state index in [2.05, 4.69) is 20.5 Å². The topological polar surface area (TPSA) is 30.9 Å². The first kappa shape index (κ1) is 10.0. The van der Waals surface area contributed by atoms with Gasteiger partial charge in [0.15, 0.2) is 0 Å². The number of hydrogen-bond donors (Lipinski definition) is 1. The molecule has 0 aliphatic carbocycles. The van der Waals surface area contributed by atoms with Gasteiger partial charge in [0.2, 0.25) is 0 Å². The highest BCUT2D eigenvalue weighted by molar-refractivity contribution is 9.10. The zero-order chi connectivity index (χ0) is 10.3. The van der Waals surface area contributed by atoms with Crippen LogP contribution in [0, 0.1) is 0 Å². The summed E-state index contributed by atoms with van der Waals surface area (Å²) in [6.07, 6.45) is 0. The number of nitrogens with zero attached hydrogens (tertiary/aromatic N) is 1. The van der Waals surface area contributed by atoms with Crippen molar-refractivity contribution in [2.75, 3.05) is 0 Å². The second-order valence-corrected chi connectivity index (χ2v) is 4.38. The van der Waals surface area contributed by atoms with Crippen LogP contribution in [0.5, 0.6) is 0 Å². The monoisotopic (exact) mass is 272 g/mol. The summed E-state index contributed by atoms with van der Waals surface area (Å²) in [4.78, 5) is 0. The number of fused-ring (bicyclic) bond motifs is 1. The smallest absolute Gasteiger partial charge is 0.0900 e. The van der Waals surface area contributed by atoms with E-state index in [-0.39, 0.29) is 0 Å². The first-order valence-electron chi connectivity index (χ1n) is 4.27. The summed E-state index contributed by atoms with van der Waals surface area (Å²) >= 11 is 9.46. The molecule has 1 aromatic heterocycles. The van der Waals surface area contributed by atoms with Gasteiger partial charge in [-0.3, -0.25) is 0 Å². The molecule has 0 saturated carbocycles. The van der Waals surface area contributed by atoms with Crippen molar-refractivity contribution in [1.29, 1.82) is 0 Å². The summed E-state index contributed by atoms with van der Waals surface area (Å²) in [6, 6.07) is 5.84. The Kier molecular flexibility index (Phi) is 2.56. The van der Waals surface area contributed by atoms with Crippen molar-refractivity contribution in [3.05, 3.63) is 33.4 Å². The molecule has 2 aromatic rings. The van der Waals surface area contributed by atoms with Crippen LogP contribution in [0.1, 0.15) is 5.56 Å². The van der Waals surface area contributed by atoms with E-state index in [0.717, 1.165) is 26.1 Å². The van der Waals surface area contributed by atoms with Crippen molar-refractivity contribution in [2.45, 2.75) is 6.54 Å². The maximum absolute atomic E-state index is 5.94. The summed E-state index contributed by atoms with van der Waals surface area (Å²) in [5, 5.41) is 1.86. The molecule has 0 radical (unpaired) electrons. The zero-order valence-electron chi connectivity index (χ0n) is 7.72. The highest BCUT2D eigenvalue weighted by atomic mass is 79.9. The number of aromatic nitrogens is 1. The Bertz CT molecular complexity index is 490. The van der Waals surface area contributed by atoms with Crippen LogP contribution in [0.15, 0.2) is 22.8 Å². The lowest BCUT2D eigenvalue weighted by atomic mass is 10.2. The third-order valence-corrected chi connectivity index (χ3v) is 3.64. The summed E-state index contributed by atoms with van der Waals surface area (Å²) in [5.41, 5.74) is 7.94. The van der Waals surface area contributed by atoms with Crippen LogP contribution in [-0.2, 0) is 13.6 Å². The van der Waals surface area contributed by atoms with E-state index in [9.17, 15) is 0 Å². The molecule has 2 N–H and O–H groups in total. The van der Waals surface area contributed by atoms with Gasteiger partial charge in [-0.25, -0.2) is 0 Å². The van der Waals surface area contributed by atoms with Crippen molar-refractivity contribution in [3.63, 3.8) is 0 Å². The molecule has 1 heterocycles. The SMILES string of the molecule is Cn1c(Br)c(CN)c2cc(Cl)ccc21. The molecule has 0 saturated heterocycles. The Hall–Kier alpha value is -0.510. The van der Waals surface area contributed by atoms with E-state index < -0.39 is 0 Å². The van der Waals surface area contributed by atoms with Gasteiger partial charge in [-0.05, 0) is 34.1 Å². The van der Waals surface area contributed by atoms with Gasteiger partial charge >= 0.3 is 0 Å². The van der Waals surface area contributed by atoms with Crippen LogP contribution in [0.3, 0.4) is 0 Å². The van der Waals surface area contributed by atoms with E-state index in [1.54, 1.807) is 0 Å². The fourth-order valence-electron chi connectivity index (χ4n) is 1.66. The van der Waals surface area contributed by atoms with E-state index in [0.29, 0.717) is 6.54 Å². The Labute approximate surface area is 95.8 Å². The van der Waals surface area contributed by atoms with Gasteiger partial charge in [-0.2, -0.15) is 0 Å². The first-order chi connectivity index (χ1) is 6.65. The van der Waals surface area contributed by atoms with Gasteiger partial charge in [0.25, 0.3) is 0 Å². The molecule has 0 atom stereocenters. The molecule has 0 bridgehead atoms. The van der Waals surface area contributed by atoms with Gasteiger partial charge in [-0.1, -0.05) is 11.6 Å². The molecule has 4 heteroatoms. The molecule has 0 aliphatic heterocycles. The van der Waals surface area contributed by atoms with Crippen LogP contribution in [0.25, 0.3) is 10.9 Å². The van der Waals surface area contributed by atoms with E-state index in [1.807, 2.05) is 25.2 Å². The van der Waals surface area contributed by atoms with Crippen LogP contribution in [0.4, 0.5) is 0 Å². The van der Waals surface area contributed by atoms with E-state index >= 15 is 0 Å². The van der Waals surface area contributed by atoms with Crippen molar-refractivity contribution in [1.82, 2.24) is 4.57 Å². The Morgan fingerprint density at radius 3 is 2.86 bits per heavy atom. The number of benzene rings is 1. The minimum atomic E-state index is 0.512. The number of hydrogen-bond acceptors (Lipinski definition) is 1. The fraction of sp³-hybridized carbons (Fsp3) is 0.200. The summed E-state index contributed by atoms with van der Waals surface area (Å²) in [5.74, 6) is 0. The molecule has 14 heavy (non-hydrogen) atoms. The molecule has 0 fully saturated rings. The third kappa shape index (κ3) is 1.36.